The minimum absolute atomic E-state index is 0.306. The van der Waals surface area contributed by atoms with E-state index in [4.69, 9.17) is 9.84 Å². The Morgan fingerprint density at radius 1 is 1.32 bits per heavy atom. The number of allylic oxidation sites excluding steroid dienone is 1. The molecule has 0 spiro atoms. The highest BCUT2D eigenvalue weighted by molar-refractivity contribution is 5.73. The maximum Gasteiger partial charge on any atom is 0.323 e. The Hall–Kier alpha value is -0.870. The molecular weight excluding hydrogens is 242 g/mol. The molecule has 110 valence electrons. The third-order valence-corrected chi connectivity index (χ3v) is 3.51. The van der Waals surface area contributed by atoms with Crippen LogP contribution >= 0.6 is 0 Å². The molecule has 0 aromatic heterocycles. The molecule has 1 heterocycles. The van der Waals surface area contributed by atoms with Gasteiger partial charge >= 0.3 is 5.97 Å². The number of carboxylic acids is 1. The van der Waals surface area contributed by atoms with Crippen LogP contribution in [0.25, 0.3) is 0 Å². The van der Waals surface area contributed by atoms with E-state index < -0.39 is 12.0 Å². The molecule has 4 nitrogen and oxygen atoms in total. The van der Waals surface area contributed by atoms with E-state index in [1.54, 1.807) is 0 Å². The molecular formula is C15H27NO3. The molecule has 19 heavy (non-hydrogen) atoms. The second kappa shape index (κ2) is 9.98. The van der Waals surface area contributed by atoms with Gasteiger partial charge in [-0.05, 0) is 12.8 Å². The number of unbranched alkanes of at least 4 members (excludes halogenated alkanes) is 5. The first-order valence-corrected chi connectivity index (χ1v) is 7.45. The molecule has 1 saturated heterocycles. The lowest BCUT2D eigenvalue weighted by Gasteiger charge is -2.31. The summed E-state index contributed by atoms with van der Waals surface area (Å²) < 4.78 is 5.21. The summed E-state index contributed by atoms with van der Waals surface area (Å²) in [5, 5.41) is 9.09. The highest BCUT2D eigenvalue weighted by Gasteiger charge is 2.27. The van der Waals surface area contributed by atoms with Gasteiger partial charge in [0.1, 0.15) is 6.04 Å². The van der Waals surface area contributed by atoms with Crippen LogP contribution in [0, 0.1) is 0 Å². The monoisotopic (exact) mass is 269 g/mol. The quantitative estimate of drug-likeness (QED) is 0.516. The third kappa shape index (κ3) is 6.73. The second-order valence-electron chi connectivity index (χ2n) is 5.10. The van der Waals surface area contributed by atoms with Crippen LogP contribution in [0.2, 0.25) is 0 Å². The maximum atomic E-state index is 11.1. The van der Waals surface area contributed by atoms with Crippen molar-refractivity contribution in [2.75, 3.05) is 26.3 Å². The van der Waals surface area contributed by atoms with Crippen LogP contribution < -0.4 is 0 Å². The minimum Gasteiger partial charge on any atom is -0.480 e. The van der Waals surface area contributed by atoms with Crippen LogP contribution in [-0.4, -0.2) is 48.3 Å². The molecule has 1 fully saturated rings. The largest absolute Gasteiger partial charge is 0.480 e. The van der Waals surface area contributed by atoms with Crippen molar-refractivity contribution in [3.05, 3.63) is 12.2 Å². The normalized spacial score (nSPS) is 21.0. The van der Waals surface area contributed by atoms with Gasteiger partial charge in [0.05, 0.1) is 13.2 Å². The van der Waals surface area contributed by atoms with Crippen molar-refractivity contribution in [2.45, 2.75) is 51.5 Å². The maximum absolute atomic E-state index is 11.1. The molecule has 0 aliphatic carbocycles. The molecule has 0 radical (unpaired) electrons. The van der Waals surface area contributed by atoms with Crippen molar-refractivity contribution in [1.29, 1.82) is 0 Å². The smallest absolute Gasteiger partial charge is 0.323 e. The second-order valence-corrected chi connectivity index (χ2v) is 5.10. The summed E-state index contributed by atoms with van der Waals surface area (Å²) in [6, 6.07) is -0.483. The van der Waals surface area contributed by atoms with Crippen LogP contribution in [0.3, 0.4) is 0 Å². The molecule has 0 bridgehead atoms. The van der Waals surface area contributed by atoms with E-state index in [9.17, 15) is 4.79 Å². The fourth-order valence-electron chi connectivity index (χ4n) is 2.28. The lowest BCUT2D eigenvalue weighted by Crippen LogP contribution is -2.49. The average Bonchev–Trinajstić information content (AvgIpc) is 2.42. The SMILES string of the molecule is CCCCCCC/C=C/CN1CCOCC1C(=O)O. The highest BCUT2D eigenvalue weighted by Crippen LogP contribution is 2.08. The molecule has 1 N–H and O–H groups in total. The molecule has 1 aliphatic rings. The summed E-state index contributed by atoms with van der Waals surface area (Å²) in [6.45, 7) is 4.59. The van der Waals surface area contributed by atoms with Crippen molar-refractivity contribution < 1.29 is 14.6 Å². The topological polar surface area (TPSA) is 49.8 Å². The predicted octanol–water partition coefficient (Wildman–Crippen LogP) is 2.69. The van der Waals surface area contributed by atoms with E-state index in [0.717, 1.165) is 13.0 Å². The third-order valence-electron chi connectivity index (χ3n) is 3.51. The van der Waals surface area contributed by atoms with Gasteiger partial charge in [0.15, 0.2) is 0 Å². The Morgan fingerprint density at radius 3 is 2.84 bits per heavy atom. The van der Waals surface area contributed by atoms with E-state index in [1.807, 2.05) is 4.90 Å². The summed E-state index contributed by atoms with van der Waals surface area (Å²) in [7, 11) is 0. The standard InChI is InChI=1S/C15H27NO3/c1-2-3-4-5-6-7-8-9-10-16-11-12-19-13-14(16)15(17)18/h8-9,14H,2-7,10-13H2,1H3,(H,17,18)/b9-8+. The first-order chi connectivity index (χ1) is 9.25. The van der Waals surface area contributed by atoms with E-state index in [1.165, 1.54) is 32.1 Å². The van der Waals surface area contributed by atoms with Gasteiger partial charge in [0.2, 0.25) is 0 Å². The van der Waals surface area contributed by atoms with Crippen molar-refractivity contribution in [3.63, 3.8) is 0 Å². The molecule has 0 saturated carbocycles. The number of carbonyl (C=O) groups is 1. The summed E-state index contributed by atoms with van der Waals surface area (Å²) in [6.07, 6.45) is 11.9. The van der Waals surface area contributed by atoms with Gasteiger partial charge in [-0.25, -0.2) is 0 Å². The number of hydrogen-bond donors (Lipinski definition) is 1. The summed E-state index contributed by atoms with van der Waals surface area (Å²) in [5.41, 5.74) is 0. The van der Waals surface area contributed by atoms with Crippen LogP contribution in [-0.2, 0) is 9.53 Å². The number of nitrogens with zero attached hydrogens (tertiary/aromatic N) is 1. The Bertz CT molecular complexity index is 279. The first kappa shape index (κ1) is 16.2. The van der Waals surface area contributed by atoms with Crippen LogP contribution in [0.15, 0.2) is 12.2 Å². The van der Waals surface area contributed by atoms with E-state index in [2.05, 4.69) is 19.1 Å². The number of ether oxygens (including phenoxy) is 1. The Labute approximate surface area is 116 Å². The summed E-state index contributed by atoms with van der Waals surface area (Å²) >= 11 is 0. The summed E-state index contributed by atoms with van der Waals surface area (Å²) in [5.74, 6) is -0.785. The highest BCUT2D eigenvalue weighted by atomic mass is 16.5. The molecule has 1 rings (SSSR count). The van der Waals surface area contributed by atoms with Crippen LogP contribution in [0.5, 0.6) is 0 Å². The Morgan fingerprint density at radius 2 is 2.11 bits per heavy atom. The zero-order valence-corrected chi connectivity index (χ0v) is 12.0. The van der Waals surface area contributed by atoms with Crippen molar-refractivity contribution in [2.24, 2.45) is 0 Å². The molecule has 1 aliphatic heterocycles. The van der Waals surface area contributed by atoms with Gasteiger partial charge in [-0.2, -0.15) is 0 Å². The Balaban J connectivity index is 2.14. The molecule has 4 heteroatoms. The molecule has 1 atom stereocenters. The first-order valence-electron chi connectivity index (χ1n) is 7.45. The average molecular weight is 269 g/mol. The number of rotatable bonds is 9. The van der Waals surface area contributed by atoms with Crippen LogP contribution in [0.4, 0.5) is 0 Å². The van der Waals surface area contributed by atoms with Gasteiger partial charge in [0.25, 0.3) is 0 Å². The molecule has 1 unspecified atom stereocenters. The van der Waals surface area contributed by atoms with Crippen molar-refractivity contribution >= 4 is 5.97 Å². The molecule has 0 aromatic carbocycles. The number of hydrogen-bond acceptors (Lipinski definition) is 3. The fraction of sp³-hybridized carbons (Fsp3) is 0.800. The molecule has 0 aromatic rings. The van der Waals surface area contributed by atoms with Gasteiger partial charge < -0.3 is 9.84 Å². The van der Waals surface area contributed by atoms with Gasteiger partial charge in [0, 0.05) is 13.1 Å². The van der Waals surface area contributed by atoms with E-state index in [0.29, 0.717) is 19.8 Å². The number of aliphatic carboxylic acids is 1. The zero-order chi connectivity index (χ0) is 13.9. The zero-order valence-electron chi connectivity index (χ0n) is 12.0. The van der Waals surface area contributed by atoms with Crippen molar-refractivity contribution in [1.82, 2.24) is 4.90 Å². The number of morpholine rings is 1. The van der Waals surface area contributed by atoms with Gasteiger partial charge in [-0.3, -0.25) is 9.69 Å². The Kier molecular flexibility index (Phi) is 8.50. The number of carboxylic acid groups (broad SMARTS) is 1. The van der Waals surface area contributed by atoms with E-state index >= 15 is 0 Å². The fourth-order valence-corrected chi connectivity index (χ4v) is 2.28. The minimum atomic E-state index is -0.785. The molecule has 0 amide bonds. The van der Waals surface area contributed by atoms with Gasteiger partial charge in [-0.15, -0.1) is 0 Å². The van der Waals surface area contributed by atoms with E-state index in [-0.39, 0.29) is 0 Å². The van der Waals surface area contributed by atoms with Crippen LogP contribution in [0.1, 0.15) is 45.4 Å². The van der Waals surface area contributed by atoms with Gasteiger partial charge in [-0.1, -0.05) is 44.8 Å². The lowest BCUT2D eigenvalue weighted by atomic mass is 10.1. The lowest BCUT2D eigenvalue weighted by molar-refractivity contribution is -0.149. The van der Waals surface area contributed by atoms with Crippen molar-refractivity contribution in [3.8, 4) is 0 Å². The summed E-state index contributed by atoms with van der Waals surface area (Å²) in [4.78, 5) is 13.0. The predicted molar refractivity (Wildman–Crippen MR) is 76.3 cm³/mol.